The zero-order chi connectivity index (χ0) is 18.7. The van der Waals surface area contributed by atoms with Crippen LogP contribution in [0.3, 0.4) is 0 Å². The van der Waals surface area contributed by atoms with Crippen LogP contribution < -0.4 is 10.1 Å². The van der Waals surface area contributed by atoms with Gasteiger partial charge in [0.15, 0.2) is 6.10 Å². The average Bonchev–Trinajstić information content (AvgIpc) is 3.06. The summed E-state index contributed by atoms with van der Waals surface area (Å²) in [4.78, 5) is 25.2. The molecule has 1 aromatic heterocycles. The highest BCUT2D eigenvalue weighted by Crippen LogP contribution is 2.27. The van der Waals surface area contributed by atoms with E-state index >= 15 is 0 Å². The number of carbonyl (C=O) groups excluding carboxylic acids is 2. The van der Waals surface area contributed by atoms with Gasteiger partial charge < -0.3 is 14.8 Å². The second-order valence-corrected chi connectivity index (χ2v) is 6.97. The molecule has 1 N–H and O–H groups in total. The molecule has 1 unspecified atom stereocenters. The highest BCUT2D eigenvalue weighted by atomic mass is 32.1. The molecule has 26 heavy (non-hydrogen) atoms. The Labute approximate surface area is 155 Å². The van der Waals surface area contributed by atoms with Crippen LogP contribution in [-0.2, 0) is 9.53 Å². The Bertz CT molecular complexity index is 930. The van der Waals surface area contributed by atoms with Gasteiger partial charge in [0.1, 0.15) is 10.6 Å². The third-order valence-corrected chi connectivity index (χ3v) is 4.99. The number of anilines is 1. The molecule has 6 heteroatoms. The molecule has 134 valence electrons. The van der Waals surface area contributed by atoms with Gasteiger partial charge >= 0.3 is 5.97 Å². The van der Waals surface area contributed by atoms with Crippen LogP contribution in [-0.4, -0.2) is 25.1 Å². The molecule has 1 heterocycles. The van der Waals surface area contributed by atoms with Gasteiger partial charge in [-0.05, 0) is 49.1 Å². The van der Waals surface area contributed by atoms with E-state index in [1.165, 1.54) is 18.4 Å². The molecule has 3 aromatic rings. The maximum Gasteiger partial charge on any atom is 0.349 e. The third-order valence-electron chi connectivity index (χ3n) is 3.89. The highest BCUT2D eigenvalue weighted by molar-refractivity contribution is 7.20. The number of esters is 1. The van der Waals surface area contributed by atoms with Crippen LogP contribution in [0.5, 0.6) is 5.75 Å². The maximum atomic E-state index is 12.4. The van der Waals surface area contributed by atoms with E-state index in [4.69, 9.17) is 9.47 Å². The van der Waals surface area contributed by atoms with Crippen molar-refractivity contribution in [3.8, 4) is 5.75 Å². The smallest absolute Gasteiger partial charge is 0.349 e. The van der Waals surface area contributed by atoms with Crippen molar-refractivity contribution in [1.29, 1.82) is 0 Å². The van der Waals surface area contributed by atoms with Crippen LogP contribution in [0.2, 0.25) is 0 Å². The fourth-order valence-corrected chi connectivity index (χ4v) is 3.45. The first-order valence-electron chi connectivity index (χ1n) is 8.13. The van der Waals surface area contributed by atoms with E-state index < -0.39 is 18.0 Å². The number of benzene rings is 2. The van der Waals surface area contributed by atoms with Gasteiger partial charge in [-0.25, -0.2) is 4.79 Å². The van der Waals surface area contributed by atoms with Gasteiger partial charge in [-0.15, -0.1) is 11.3 Å². The minimum Gasteiger partial charge on any atom is -0.495 e. The number of amides is 1. The first-order chi connectivity index (χ1) is 12.5. The highest BCUT2D eigenvalue weighted by Gasteiger charge is 2.21. The Balaban J connectivity index is 1.69. The molecule has 0 aliphatic carbocycles. The first kappa shape index (κ1) is 17.9. The predicted octanol–water partition coefficient (Wildman–Crippen LogP) is 4.40. The fourth-order valence-electron chi connectivity index (χ4n) is 2.51. The average molecular weight is 369 g/mol. The van der Waals surface area contributed by atoms with Gasteiger partial charge in [0, 0.05) is 4.70 Å². The number of thiophene rings is 1. The lowest BCUT2D eigenvalue weighted by molar-refractivity contribution is -0.123. The number of aryl methyl sites for hydroxylation is 1. The summed E-state index contributed by atoms with van der Waals surface area (Å²) in [5.41, 5.74) is 1.53. The summed E-state index contributed by atoms with van der Waals surface area (Å²) in [7, 11) is 1.53. The van der Waals surface area contributed by atoms with E-state index in [0.717, 1.165) is 15.6 Å². The van der Waals surface area contributed by atoms with Crippen LogP contribution in [0.1, 0.15) is 22.2 Å². The quantitative estimate of drug-likeness (QED) is 0.677. The second-order valence-electron chi connectivity index (χ2n) is 5.89. The second kappa shape index (κ2) is 7.58. The standard InChI is InChI=1S/C20H19NO4S/c1-12-8-9-16(24-3)15(10-12)21-19(22)13(2)25-20(23)18-11-14-6-4-5-7-17(14)26-18/h4-11,13H,1-3H3,(H,21,22). The molecule has 5 nitrogen and oxygen atoms in total. The van der Waals surface area contributed by atoms with Crippen molar-refractivity contribution in [2.45, 2.75) is 20.0 Å². The number of rotatable bonds is 5. The minimum absolute atomic E-state index is 0.414. The molecular formula is C20H19NO4S. The Kier molecular flexibility index (Phi) is 5.23. The molecule has 0 saturated carbocycles. The molecule has 0 aliphatic heterocycles. The summed E-state index contributed by atoms with van der Waals surface area (Å²) >= 11 is 1.34. The number of carbonyl (C=O) groups is 2. The van der Waals surface area contributed by atoms with Crippen molar-refractivity contribution >= 4 is 39.0 Å². The zero-order valence-electron chi connectivity index (χ0n) is 14.7. The van der Waals surface area contributed by atoms with Crippen molar-refractivity contribution in [3.63, 3.8) is 0 Å². The summed E-state index contributed by atoms with van der Waals surface area (Å²) in [6.45, 7) is 3.46. The molecule has 1 atom stereocenters. The number of nitrogens with one attached hydrogen (secondary N) is 1. The monoisotopic (exact) mass is 369 g/mol. The maximum absolute atomic E-state index is 12.4. The Morgan fingerprint density at radius 2 is 1.88 bits per heavy atom. The number of ether oxygens (including phenoxy) is 2. The molecule has 0 fully saturated rings. The van der Waals surface area contributed by atoms with E-state index in [1.807, 2.05) is 37.3 Å². The van der Waals surface area contributed by atoms with Crippen molar-refractivity contribution < 1.29 is 19.1 Å². The largest absolute Gasteiger partial charge is 0.495 e. The Hall–Kier alpha value is -2.86. The molecule has 0 radical (unpaired) electrons. The van der Waals surface area contributed by atoms with Crippen LogP contribution >= 0.6 is 11.3 Å². The summed E-state index contributed by atoms with van der Waals surface area (Å²) in [5.74, 6) is -0.375. The van der Waals surface area contributed by atoms with Crippen LogP contribution in [0.4, 0.5) is 5.69 Å². The molecule has 0 spiro atoms. The van der Waals surface area contributed by atoms with E-state index in [1.54, 1.807) is 25.1 Å². The molecule has 0 bridgehead atoms. The summed E-state index contributed by atoms with van der Waals surface area (Å²) < 4.78 is 11.6. The SMILES string of the molecule is COc1ccc(C)cc1NC(=O)C(C)OC(=O)c1cc2ccccc2s1. The first-order valence-corrected chi connectivity index (χ1v) is 8.94. The van der Waals surface area contributed by atoms with Crippen molar-refractivity contribution in [2.24, 2.45) is 0 Å². The normalized spacial score (nSPS) is 11.8. The van der Waals surface area contributed by atoms with Gasteiger partial charge in [0.2, 0.25) is 0 Å². The van der Waals surface area contributed by atoms with Gasteiger partial charge in [-0.2, -0.15) is 0 Å². The molecule has 3 rings (SSSR count). The molecule has 0 aliphatic rings. The molecular weight excluding hydrogens is 350 g/mol. The number of fused-ring (bicyclic) bond motifs is 1. The summed E-state index contributed by atoms with van der Waals surface area (Å²) in [6, 6.07) is 14.9. The zero-order valence-corrected chi connectivity index (χ0v) is 15.6. The summed E-state index contributed by atoms with van der Waals surface area (Å²) in [5, 5.41) is 3.73. The van der Waals surface area contributed by atoms with Gasteiger partial charge in [-0.3, -0.25) is 4.79 Å². The molecule has 2 aromatic carbocycles. The predicted molar refractivity (Wildman–Crippen MR) is 103 cm³/mol. The lowest BCUT2D eigenvalue weighted by Gasteiger charge is -2.15. The van der Waals surface area contributed by atoms with Crippen molar-refractivity contribution in [2.75, 3.05) is 12.4 Å². The number of hydrogen-bond donors (Lipinski definition) is 1. The number of hydrogen-bond acceptors (Lipinski definition) is 5. The van der Waals surface area contributed by atoms with E-state index in [9.17, 15) is 9.59 Å². The lowest BCUT2D eigenvalue weighted by Crippen LogP contribution is -2.30. The third kappa shape index (κ3) is 3.86. The summed E-state index contributed by atoms with van der Waals surface area (Å²) in [6.07, 6.45) is -0.932. The topological polar surface area (TPSA) is 64.6 Å². The van der Waals surface area contributed by atoms with E-state index in [2.05, 4.69) is 5.32 Å². The van der Waals surface area contributed by atoms with Crippen LogP contribution in [0.25, 0.3) is 10.1 Å². The van der Waals surface area contributed by atoms with Gasteiger partial charge in [-0.1, -0.05) is 24.3 Å². The molecule has 0 saturated heterocycles. The lowest BCUT2D eigenvalue weighted by atomic mass is 10.2. The van der Waals surface area contributed by atoms with Gasteiger partial charge in [0.25, 0.3) is 5.91 Å². The van der Waals surface area contributed by atoms with Crippen molar-refractivity contribution in [1.82, 2.24) is 0 Å². The van der Waals surface area contributed by atoms with Gasteiger partial charge in [0.05, 0.1) is 12.8 Å². The van der Waals surface area contributed by atoms with Crippen molar-refractivity contribution in [3.05, 3.63) is 59.0 Å². The van der Waals surface area contributed by atoms with Crippen LogP contribution in [0, 0.1) is 6.92 Å². The fraction of sp³-hybridized carbons (Fsp3) is 0.200. The van der Waals surface area contributed by atoms with Crippen LogP contribution in [0.15, 0.2) is 48.5 Å². The number of methoxy groups -OCH3 is 1. The Morgan fingerprint density at radius 3 is 2.62 bits per heavy atom. The Morgan fingerprint density at radius 1 is 1.12 bits per heavy atom. The molecule has 1 amide bonds. The van der Waals surface area contributed by atoms with E-state index in [-0.39, 0.29) is 0 Å². The van der Waals surface area contributed by atoms with E-state index in [0.29, 0.717) is 16.3 Å². The minimum atomic E-state index is -0.932.